The van der Waals surface area contributed by atoms with Crippen LogP contribution in [0.15, 0.2) is 65.6 Å². The summed E-state index contributed by atoms with van der Waals surface area (Å²) in [6, 6.07) is 17.2. The summed E-state index contributed by atoms with van der Waals surface area (Å²) in [5.41, 5.74) is 0.462. The van der Waals surface area contributed by atoms with Gasteiger partial charge in [-0.05, 0) is 42.7 Å². The van der Waals surface area contributed by atoms with Crippen molar-refractivity contribution in [2.45, 2.75) is 42.5 Å². The molecule has 2 aromatic carbocycles. The Kier molecular flexibility index (Phi) is 6.13. The van der Waals surface area contributed by atoms with Gasteiger partial charge in [-0.2, -0.15) is 9.82 Å². The highest BCUT2D eigenvalue weighted by molar-refractivity contribution is 7.89. The third-order valence-electron chi connectivity index (χ3n) is 5.50. The molecule has 0 aliphatic heterocycles. The molecule has 0 spiro atoms. The van der Waals surface area contributed by atoms with Gasteiger partial charge in [-0.15, -0.1) is 0 Å². The van der Waals surface area contributed by atoms with Crippen LogP contribution in [-0.2, 0) is 14.8 Å². The molecule has 0 atom stereocenters. The van der Waals surface area contributed by atoms with Crippen LogP contribution in [0.2, 0.25) is 5.02 Å². The molecule has 1 aromatic heterocycles. The Balaban J connectivity index is 1.56. The van der Waals surface area contributed by atoms with Crippen LogP contribution in [0.25, 0.3) is 11.3 Å². The Bertz CT molecular complexity index is 1150. The molecule has 4 rings (SSSR count). The minimum absolute atomic E-state index is 0.0702. The van der Waals surface area contributed by atoms with E-state index in [1.165, 1.54) is 24.3 Å². The van der Waals surface area contributed by atoms with E-state index in [1.807, 2.05) is 30.3 Å². The van der Waals surface area contributed by atoms with E-state index in [0.29, 0.717) is 23.7 Å². The van der Waals surface area contributed by atoms with E-state index in [0.717, 1.165) is 30.5 Å². The van der Waals surface area contributed by atoms with Crippen LogP contribution in [0.3, 0.4) is 0 Å². The third kappa shape index (κ3) is 4.81. The van der Waals surface area contributed by atoms with Gasteiger partial charge in [0.2, 0.25) is 15.9 Å². The number of nitrogens with zero attached hydrogens (tertiary/aromatic N) is 1. The van der Waals surface area contributed by atoms with E-state index < -0.39 is 21.5 Å². The topological polar surface area (TPSA) is 104 Å². The highest BCUT2D eigenvalue weighted by atomic mass is 35.5. The number of rotatable bonds is 6. The zero-order valence-corrected chi connectivity index (χ0v) is 18.3. The smallest absolute Gasteiger partial charge is 0.246 e. The van der Waals surface area contributed by atoms with Gasteiger partial charge in [0.15, 0.2) is 5.82 Å². The lowest BCUT2D eigenvalue weighted by molar-refractivity contribution is -0.122. The van der Waals surface area contributed by atoms with E-state index in [-0.39, 0.29) is 4.90 Å². The van der Waals surface area contributed by atoms with Crippen LogP contribution in [0.1, 0.15) is 32.1 Å². The van der Waals surface area contributed by atoms with Crippen molar-refractivity contribution < 1.29 is 13.2 Å². The SMILES string of the molecule is O=C(Nc1cc(-c2ccccc2)[nH]n1)C1(NS(=O)(=O)c2ccc(Cl)cc2)CCCCC1. The Morgan fingerprint density at radius 1 is 1.00 bits per heavy atom. The van der Waals surface area contributed by atoms with E-state index >= 15 is 0 Å². The fourth-order valence-corrected chi connectivity index (χ4v) is 5.40. The lowest BCUT2D eigenvalue weighted by Gasteiger charge is -2.36. The number of halogens is 1. The summed E-state index contributed by atoms with van der Waals surface area (Å²) < 4.78 is 28.7. The summed E-state index contributed by atoms with van der Waals surface area (Å²) in [6.07, 6.45) is 3.31. The van der Waals surface area contributed by atoms with Crippen LogP contribution < -0.4 is 10.0 Å². The van der Waals surface area contributed by atoms with Crippen molar-refractivity contribution in [3.05, 3.63) is 65.7 Å². The molecule has 9 heteroatoms. The average molecular weight is 459 g/mol. The summed E-state index contributed by atoms with van der Waals surface area (Å²) in [6.45, 7) is 0. The van der Waals surface area contributed by atoms with Gasteiger partial charge in [0.1, 0.15) is 5.54 Å². The summed E-state index contributed by atoms with van der Waals surface area (Å²) in [5, 5.41) is 10.3. The van der Waals surface area contributed by atoms with Crippen LogP contribution >= 0.6 is 11.6 Å². The number of sulfonamides is 1. The summed E-state index contributed by atoms with van der Waals surface area (Å²) >= 11 is 5.88. The number of hydrogen-bond donors (Lipinski definition) is 3. The van der Waals surface area contributed by atoms with Gasteiger partial charge < -0.3 is 5.32 Å². The highest BCUT2D eigenvalue weighted by Crippen LogP contribution is 2.32. The molecular weight excluding hydrogens is 436 g/mol. The molecule has 1 aliphatic rings. The number of benzene rings is 2. The molecule has 3 N–H and O–H groups in total. The first kappa shape index (κ1) is 21.5. The Hall–Kier alpha value is -2.68. The third-order valence-corrected chi connectivity index (χ3v) is 7.30. The monoisotopic (exact) mass is 458 g/mol. The molecule has 31 heavy (non-hydrogen) atoms. The summed E-state index contributed by atoms with van der Waals surface area (Å²) in [5.74, 6) is -0.0599. The van der Waals surface area contributed by atoms with Crippen LogP contribution in [0, 0.1) is 0 Å². The minimum Gasteiger partial charge on any atom is -0.308 e. The number of carbonyl (C=O) groups is 1. The van der Waals surface area contributed by atoms with Crippen molar-refractivity contribution in [1.82, 2.24) is 14.9 Å². The Labute approximate surface area is 186 Å². The van der Waals surface area contributed by atoms with Gasteiger partial charge in [-0.25, -0.2) is 8.42 Å². The maximum Gasteiger partial charge on any atom is 0.246 e. The number of amides is 1. The second kappa shape index (κ2) is 8.82. The molecule has 0 radical (unpaired) electrons. The number of H-pyrrole nitrogens is 1. The van der Waals surface area contributed by atoms with Crippen molar-refractivity contribution in [2.75, 3.05) is 5.32 Å². The maximum atomic E-state index is 13.3. The molecule has 1 amide bonds. The molecule has 0 bridgehead atoms. The number of aromatic amines is 1. The molecule has 0 saturated heterocycles. The molecule has 3 aromatic rings. The molecule has 1 aliphatic carbocycles. The van der Waals surface area contributed by atoms with Crippen molar-refractivity contribution in [2.24, 2.45) is 0 Å². The standard InChI is InChI=1S/C22H23ClN4O3S/c23-17-9-11-18(12-10-17)31(29,30)27-22(13-5-2-6-14-22)21(28)24-20-15-19(25-26-20)16-7-3-1-4-8-16/h1,3-4,7-12,15,27H,2,5-6,13-14H2,(H2,24,25,26,28). The first-order valence-corrected chi connectivity index (χ1v) is 12.0. The summed E-state index contributed by atoms with van der Waals surface area (Å²) in [7, 11) is -3.91. The molecular formula is C22H23ClN4O3S. The molecule has 7 nitrogen and oxygen atoms in total. The largest absolute Gasteiger partial charge is 0.308 e. The van der Waals surface area contributed by atoms with Gasteiger partial charge >= 0.3 is 0 Å². The number of nitrogens with one attached hydrogen (secondary N) is 3. The van der Waals surface area contributed by atoms with Crippen molar-refractivity contribution >= 4 is 33.3 Å². The van der Waals surface area contributed by atoms with Gasteiger partial charge in [-0.3, -0.25) is 9.89 Å². The molecule has 1 fully saturated rings. The van der Waals surface area contributed by atoms with Crippen LogP contribution in [0.4, 0.5) is 5.82 Å². The van der Waals surface area contributed by atoms with E-state index in [9.17, 15) is 13.2 Å². The second-order valence-electron chi connectivity index (χ2n) is 7.69. The van der Waals surface area contributed by atoms with Crippen molar-refractivity contribution in [3.63, 3.8) is 0 Å². The first-order valence-electron chi connectivity index (χ1n) is 10.1. The molecule has 0 unspecified atom stereocenters. The average Bonchev–Trinajstić information content (AvgIpc) is 3.23. The predicted molar refractivity (Wildman–Crippen MR) is 120 cm³/mol. The van der Waals surface area contributed by atoms with E-state index in [2.05, 4.69) is 20.2 Å². The van der Waals surface area contributed by atoms with Crippen molar-refractivity contribution in [1.29, 1.82) is 0 Å². The van der Waals surface area contributed by atoms with Crippen molar-refractivity contribution in [3.8, 4) is 11.3 Å². The molecule has 162 valence electrons. The fraction of sp³-hybridized carbons (Fsp3) is 0.273. The molecule has 1 saturated carbocycles. The Morgan fingerprint density at radius 3 is 2.35 bits per heavy atom. The normalized spacial score (nSPS) is 16.0. The van der Waals surface area contributed by atoms with E-state index in [4.69, 9.17) is 11.6 Å². The lowest BCUT2D eigenvalue weighted by atomic mass is 9.82. The fourth-order valence-electron chi connectivity index (χ4n) is 3.85. The highest BCUT2D eigenvalue weighted by Gasteiger charge is 2.43. The van der Waals surface area contributed by atoms with Crippen LogP contribution in [-0.4, -0.2) is 30.1 Å². The number of aromatic nitrogens is 2. The zero-order chi connectivity index (χ0) is 21.9. The number of anilines is 1. The number of hydrogen-bond acceptors (Lipinski definition) is 4. The maximum absolute atomic E-state index is 13.3. The number of carbonyl (C=O) groups excluding carboxylic acids is 1. The van der Waals surface area contributed by atoms with E-state index in [1.54, 1.807) is 6.07 Å². The van der Waals surface area contributed by atoms with Gasteiger partial charge in [0.05, 0.1) is 10.6 Å². The first-order chi connectivity index (χ1) is 14.9. The molecule has 1 heterocycles. The van der Waals surface area contributed by atoms with Gasteiger partial charge in [0, 0.05) is 11.1 Å². The summed E-state index contributed by atoms with van der Waals surface area (Å²) in [4.78, 5) is 13.4. The van der Waals surface area contributed by atoms with Crippen LogP contribution in [0.5, 0.6) is 0 Å². The van der Waals surface area contributed by atoms with Gasteiger partial charge in [-0.1, -0.05) is 61.2 Å². The lowest BCUT2D eigenvalue weighted by Crippen LogP contribution is -2.57. The predicted octanol–water partition coefficient (Wildman–Crippen LogP) is 4.35. The Morgan fingerprint density at radius 2 is 1.68 bits per heavy atom. The van der Waals surface area contributed by atoms with Gasteiger partial charge in [0.25, 0.3) is 0 Å². The quantitative estimate of drug-likeness (QED) is 0.510. The minimum atomic E-state index is -3.91. The second-order valence-corrected chi connectivity index (χ2v) is 9.81. The zero-order valence-electron chi connectivity index (χ0n) is 16.8.